The molecule has 24 heavy (non-hydrogen) atoms. The Labute approximate surface area is 139 Å². The molecule has 0 spiro atoms. The van der Waals surface area contributed by atoms with E-state index in [2.05, 4.69) is 10.1 Å². The van der Waals surface area contributed by atoms with E-state index in [9.17, 15) is 18.0 Å². The van der Waals surface area contributed by atoms with Gasteiger partial charge in [0.25, 0.3) is 0 Å². The van der Waals surface area contributed by atoms with Crippen LogP contribution in [0.15, 0.2) is 30.5 Å². The van der Waals surface area contributed by atoms with Crippen molar-refractivity contribution in [3.8, 4) is 11.1 Å². The van der Waals surface area contributed by atoms with Gasteiger partial charge in [-0.25, -0.2) is 9.50 Å². The third-order valence-electron chi connectivity index (χ3n) is 3.67. The second kappa shape index (κ2) is 5.59. The monoisotopic (exact) mass is 353 g/mol. The minimum Gasteiger partial charge on any atom is -0.294 e. The van der Waals surface area contributed by atoms with Gasteiger partial charge in [0, 0.05) is 11.2 Å². The van der Waals surface area contributed by atoms with Gasteiger partial charge in [0.2, 0.25) is 0 Å². The summed E-state index contributed by atoms with van der Waals surface area (Å²) >= 11 is 5.81. The number of hydrogen-bond donors (Lipinski definition) is 0. The number of aryl methyl sites for hydroxylation is 1. The highest BCUT2D eigenvalue weighted by atomic mass is 35.5. The number of carbonyl (C=O) groups is 1. The van der Waals surface area contributed by atoms with Crippen molar-refractivity contribution in [2.75, 3.05) is 0 Å². The van der Waals surface area contributed by atoms with Gasteiger partial charge < -0.3 is 0 Å². The van der Waals surface area contributed by atoms with Crippen LogP contribution >= 0.6 is 11.6 Å². The SMILES string of the molecule is CC(=O)c1cnc2c(-c3ccc(Cl)cc3)c(C(F)(F)F)nn2c1C. The second-order valence-corrected chi connectivity index (χ2v) is 5.71. The number of nitrogens with zero attached hydrogens (tertiary/aromatic N) is 3. The van der Waals surface area contributed by atoms with Crippen molar-refractivity contribution in [1.29, 1.82) is 0 Å². The minimum absolute atomic E-state index is 0.0344. The summed E-state index contributed by atoms with van der Waals surface area (Å²) in [5.41, 5.74) is -0.338. The first-order valence-electron chi connectivity index (χ1n) is 6.92. The molecule has 124 valence electrons. The van der Waals surface area contributed by atoms with Gasteiger partial charge >= 0.3 is 6.18 Å². The Morgan fingerprint density at radius 3 is 2.38 bits per heavy atom. The summed E-state index contributed by atoms with van der Waals surface area (Å²) in [5, 5.41) is 4.08. The van der Waals surface area contributed by atoms with Gasteiger partial charge in [-0.2, -0.15) is 18.3 Å². The molecular weight excluding hydrogens is 343 g/mol. The van der Waals surface area contributed by atoms with E-state index in [0.29, 0.717) is 16.3 Å². The normalized spacial score (nSPS) is 11.9. The van der Waals surface area contributed by atoms with Gasteiger partial charge in [0.15, 0.2) is 17.1 Å². The molecule has 2 aromatic heterocycles. The lowest BCUT2D eigenvalue weighted by Gasteiger charge is -2.06. The molecule has 0 aliphatic rings. The van der Waals surface area contributed by atoms with Crippen LogP contribution in [0.3, 0.4) is 0 Å². The van der Waals surface area contributed by atoms with Crippen molar-refractivity contribution < 1.29 is 18.0 Å². The topological polar surface area (TPSA) is 47.3 Å². The Morgan fingerprint density at radius 2 is 1.83 bits per heavy atom. The molecule has 0 aliphatic heterocycles. The number of halogens is 4. The third kappa shape index (κ3) is 2.65. The fourth-order valence-electron chi connectivity index (χ4n) is 2.52. The highest BCUT2D eigenvalue weighted by molar-refractivity contribution is 6.30. The molecule has 2 heterocycles. The number of ketones is 1. The average Bonchev–Trinajstić information content (AvgIpc) is 2.88. The summed E-state index contributed by atoms with van der Waals surface area (Å²) in [6.07, 6.45) is -3.39. The molecule has 0 bridgehead atoms. The van der Waals surface area contributed by atoms with Gasteiger partial charge in [-0.1, -0.05) is 23.7 Å². The standard InChI is InChI=1S/C16H11ClF3N3O/c1-8-12(9(2)24)7-21-15-13(10-3-5-11(17)6-4-10)14(16(18,19)20)22-23(8)15/h3-7H,1-2H3. The summed E-state index contributed by atoms with van der Waals surface area (Å²) in [6.45, 7) is 2.86. The number of hydrogen-bond acceptors (Lipinski definition) is 3. The fourth-order valence-corrected chi connectivity index (χ4v) is 2.65. The lowest BCUT2D eigenvalue weighted by atomic mass is 10.1. The fraction of sp³-hybridized carbons (Fsp3) is 0.188. The van der Waals surface area contributed by atoms with E-state index in [1.54, 1.807) is 0 Å². The molecule has 0 aliphatic carbocycles. The smallest absolute Gasteiger partial charge is 0.294 e. The van der Waals surface area contributed by atoms with Crippen LogP contribution < -0.4 is 0 Å². The Kier molecular flexibility index (Phi) is 3.83. The number of Topliss-reactive ketones (excluding diaryl/α,β-unsaturated/α-hetero) is 1. The molecule has 4 nitrogen and oxygen atoms in total. The zero-order valence-electron chi connectivity index (χ0n) is 12.6. The highest BCUT2D eigenvalue weighted by Gasteiger charge is 2.39. The van der Waals surface area contributed by atoms with Gasteiger partial charge in [0.1, 0.15) is 0 Å². The zero-order chi connectivity index (χ0) is 17.6. The number of aromatic nitrogens is 3. The van der Waals surface area contributed by atoms with Gasteiger partial charge in [0.05, 0.1) is 16.8 Å². The predicted octanol–water partition coefficient (Wildman–Crippen LogP) is 4.58. The minimum atomic E-state index is -4.66. The van der Waals surface area contributed by atoms with Crippen LogP contribution in [-0.4, -0.2) is 20.4 Å². The number of rotatable bonds is 2. The molecule has 8 heteroatoms. The van der Waals surface area contributed by atoms with Crippen LogP contribution in [0.1, 0.15) is 28.7 Å². The summed E-state index contributed by atoms with van der Waals surface area (Å²) in [6, 6.07) is 5.95. The maximum absolute atomic E-state index is 13.4. The van der Waals surface area contributed by atoms with E-state index in [1.807, 2.05) is 0 Å². The van der Waals surface area contributed by atoms with Crippen LogP contribution in [-0.2, 0) is 6.18 Å². The molecule has 0 atom stereocenters. The molecule has 0 N–H and O–H groups in total. The van der Waals surface area contributed by atoms with Crippen molar-refractivity contribution >= 4 is 23.0 Å². The molecular formula is C16H11ClF3N3O. The molecule has 0 radical (unpaired) electrons. The van der Waals surface area contributed by atoms with Gasteiger partial charge in [-0.15, -0.1) is 0 Å². The Hall–Kier alpha value is -2.41. The second-order valence-electron chi connectivity index (χ2n) is 5.28. The first-order valence-corrected chi connectivity index (χ1v) is 7.30. The molecule has 0 saturated carbocycles. The Bertz CT molecular complexity index is 946. The molecule has 1 aromatic carbocycles. The molecule has 0 amide bonds. The van der Waals surface area contributed by atoms with Crippen LogP contribution in [0.5, 0.6) is 0 Å². The lowest BCUT2D eigenvalue weighted by Crippen LogP contribution is -2.08. The summed E-state index contributed by atoms with van der Waals surface area (Å²) in [7, 11) is 0. The van der Waals surface area contributed by atoms with E-state index in [0.717, 1.165) is 4.52 Å². The average molecular weight is 354 g/mol. The molecule has 0 unspecified atom stereocenters. The highest BCUT2D eigenvalue weighted by Crippen LogP contribution is 2.39. The van der Waals surface area contributed by atoms with E-state index < -0.39 is 11.9 Å². The molecule has 0 fully saturated rings. The molecule has 0 saturated heterocycles. The van der Waals surface area contributed by atoms with Crippen LogP contribution in [0.2, 0.25) is 5.02 Å². The van der Waals surface area contributed by atoms with Crippen molar-refractivity contribution in [3.05, 3.63) is 52.4 Å². The van der Waals surface area contributed by atoms with E-state index in [4.69, 9.17) is 11.6 Å². The Morgan fingerprint density at radius 1 is 1.21 bits per heavy atom. The summed E-state index contributed by atoms with van der Waals surface area (Å²) < 4.78 is 41.4. The van der Waals surface area contributed by atoms with E-state index >= 15 is 0 Å². The maximum atomic E-state index is 13.4. The van der Waals surface area contributed by atoms with Gasteiger partial charge in [-0.05, 0) is 31.5 Å². The summed E-state index contributed by atoms with van der Waals surface area (Å²) in [4.78, 5) is 15.6. The third-order valence-corrected chi connectivity index (χ3v) is 3.92. The number of alkyl halides is 3. The van der Waals surface area contributed by atoms with E-state index in [-0.39, 0.29) is 22.6 Å². The van der Waals surface area contributed by atoms with Crippen LogP contribution in [0.4, 0.5) is 13.2 Å². The first kappa shape index (κ1) is 16.4. The first-order chi connectivity index (χ1) is 11.2. The predicted molar refractivity (Wildman–Crippen MR) is 83.2 cm³/mol. The quantitative estimate of drug-likeness (QED) is 0.633. The van der Waals surface area contributed by atoms with Gasteiger partial charge in [-0.3, -0.25) is 4.79 Å². The van der Waals surface area contributed by atoms with E-state index in [1.165, 1.54) is 44.3 Å². The zero-order valence-corrected chi connectivity index (χ0v) is 13.4. The van der Waals surface area contributed by atoms with Crippen LogP contribution in [0, 0.1) is 6.92 Å². The number of benzene rings is 1. The molecule has 3 aromatic rings. The van der Waals surface area contributed by atoms with Crippen molar-refractivity contribution in [1.82, 2.24) is 14.6 Å². The number of fused-ring (bicyclic) bond motifs is 1. The van der Waals surface area contributed by atoms with Crippen molar-refractivity contribution in [2.45, 2.75) is 20.0 Å². The Balaban J connectivity index is 2.39. The van der Waals surface area contributed by atoms with Crippen molar-refractivity contribution in [3.63, 3.8) is 0 Å². The van der Waals surface area contributed by atoms with Crippen molar-refractivity contribution in [2.24, 2.45) is 0 Å². The number of carbonyl (C=O) groups excluding carboxylic acids is 1. The molecule has 3 rings (SSSR count). The summed E-state index contributed by atoms with van der Waals surface area (Å²) in [5.74, 6) is -0.293. The lowest BCUT2D eigenvalue weighted by molar-refractivity contribution is -0.140. The largest absolute Gasteiger partial charge is 0.435 e. The van der Waals surface area contributed by atoms with Crippen LogP contribution in [0.25, 0.3) is 16.8 Å². The maximum Gasteiger partial charge on any atom is 0.435 e.